The summed E-state index contributed by atoms with van der Waals surface area (Å²) in [5.74, 6) is -0.817. The average molecular weight is 399 g/mol. The van der Waals surface area contributed by atoms with Crippen molar-refractivity contribution in [2.24, 2.45) is 0 Å². The van der Waals surface area contributed by atoms with E-state index in [4.69, 9.17) is 4.74 Å². The zero-order chi connectivity index (χ0) is 20.8. The van der Waals surface area contributed by atoms with E-state index < -0.39 is 12.0 Å². The lowest BCUT2D eigenvalue weighted by Gasteiger charge is -2.18. The summed E-state index contributed by atoms with van der Waals surface area (Å²) < 4.78 is 5.49. The van der Waals surface area contributed by atoms with Gasteiger partial charge in [-0.15, -0.1) is 0 Å². The number of fused-ring (bicyclic) bond motifs is 1. The molecule has 0 saturated carbocycles. The lowest BCUT2D eigenvalue weighted by Crippen LogP contribution is -2.43. The van der Waals surface area contributed by atoms with E-state index in [1.165, 1.54) is 0 Å². The number of imidazole rings is 1. The van der Waals surface area contributed by atoms with Crippen molar-refractivity contribution in [3.05, 3.63) is 102 Å². The second kappa shape index (κ2) is 9.05. The molecule has 0 spiro atoms. The number of ether oxygens (including phenoxy) is 1. The maximum Gasteiger partial charge on any atom is 0.329 e. The second-order valence-corrected chi connectivity index (χ2v) is 6.94. The molecule has 1 atom stereocenters. The van der Waals surface area contributed by atoms with Crippen LogP contribution in [0.25, 0.3) is 11.0 Å². The van der Waals surface area contributed by atoms with Crippen LogP contribution in [0, 0.1) is 0 Å². The number of amides is 1. The lowest BCUT2D eigenvalue weighted by atomic mass is 10.1. The summed E-state index contributed by atoms with van der Waals surface area (Å²) in [6, 6.07) is 23.4. The molecule has 1 heterocycles. The van der Waals surface area contributed by atoms with E-state index in [2.05, 4.69) is 15.3 Å². The predicted octanol–water partition coefficient (Wildman–Crippen LogP) is 3.65. The molecule has 4 rings (SSSR count). The van der Waals surface area contributed by atoms with Crippen LogP contribution in [0.5, 0.6) is 0 Å². The van der Waals surface area contributed by atoms with Crippen molar-refractivity contribution in [3.8, 4) is 0 Å². The lowest BCUT2D eigenvalue weighted by molar-refractivity contribution is -0.147. The van der Waals surface area contributed by atoms with Crippen molar-refractivity contribution in [1.29, 1.82) is 0 Å². The van der Waals surface area contributed by atoms with Gasteiger partial charge in [-0.05, 0) is 29.3 Å². The zero-order valence-electron chi connectivity index (χ0n) is 16.2. The Bertz CT molecular complexity index is 1140. The number of H-pyrrole nitrogens is 1. The smallest absolute Gasteiger partial charge is 0.329 e. The molecular formula is C24H21N3O3. The second-order valence-electron chi connectivity index (χ2n) is 6.94. The number of benzene rings is 3. The van der Waals surface area contributed by atoms with Gasteiger partial charge in [0.1, 0.15) is 12.6 Å². The monoisotopic (exact) mass is 399 g/mol. The van der Waals surface area contributed by atoms with Gasteiger partial charge < -0.3 is 15.0 Å². The van der Waals surface area contributed by atoms with Gasteiger partial charge in [0.05, 0.1) is 17.4 Å². The first-order valence-electron chi connectivity index (χ1n) is 9.67. The van der Waals surface area contributed by atoms with E-state index in [1.54, 1.807) is 24.5 Å². The zero-order valence-corrected chi connectivity index (χ0v) is 16.2. The van der Waals surface area contributed by atoms with Crippen molar-refractivity contribution in [2.75, 3.05) is 0 Å². The molecule has 0 fully saturated rings. The fraction of sp³-hybridized carbons (Fsp3) is 0.125. The van der Waals surface area contributed by atoms with Crippen LogP contribution in [0.4, 0.5) is 0 Å². The van der Waals surface area contributed by atoms with Gasteiger partial charge in [-0.3, -0.25) is 4.79 Å². The highest BCUT2D eigenvalue weighted by atomic mass is 16.5. The molecule has 6 nitrogen and oxygen atoms in total. The minimum absolute atomic E-state index is 0.154. The van der Waals surface area contributed by atoms with Crippen molar-refractivity contribution in [3.63, 3.8) is 0 Å². The van der Waals surface area contributed by atoms with Crippen molar-refractivity contribution < 1.29 is 14.3 Å². The number of hydrogen-bond donors (Lipinski definition) is 2. The SMILES string of the molecule is O=C(NC(Cc1ccccc1)C(=O)OCc1ccccc1)c1ccc2nc[nH]c2c1. The van der Waals surface area contributed by atoms with Crippen molar-refractivity contribution >= 4 is 22.9 Å². The molecule has 3 aromatic carbocycles. The average Bonchev–Trinajstić information content (AvgIpc) is 3.26. The number of rotatable bonds is 7. The van der Waals surface area contributed by atoms with Crippen LogP contribution in [0.15, 0.2) is 85.2 Å². The number of aromatic nitrogens is 2. The third kappa shape index (κ3) is 4.72. The first-order chi connectivity index (χ1) is 14.7. The standard InChI is InChI=1S/C24H21N3O3/c28-23(19-11-12-20-21(14-19)26-16-25-20)27-22(13-17-7-3-1-4-8-17)24(29)30-15-18-9-5-2-6-10-18/h1-12,14,16,22H,13,15H2,(H,25,26)(H,27,28). The number of carbonyl (C=O) groups excluding carboxylic acids is 2. The van der Waals surface area contributed by atoms with Crippen molar-refractivity contribution in [1.82, 2.24) is 15.3 Å². The summed E-state index contributed by atoms with van der Waals surface area (Å²) in [6.45, 7) is 0.154. The Hall–Kier alpha value is -3.93. The van der Waals surface area contributed by atoms with Crippen LogP contribution >= 0.6 is 0 Å². The van der Waals surface area contributed by atoms with Gasteiger partial charge in [-0.2, -0.15) is 0 Å². The van der Waals surface area contributed by atoms with Gasteiger partial charge in [0.15, 0.2) is 0 Å². The number of esters is 1. The molecular weight excluding hydrogens is 378 g/mol. The molecule has 0 aliphatic heterocycles. The van der Waals surface area contributed by atoms with Crippen LogP contribution in [0.2, 0.25) is 0 Å². The first-order valence-corrected chi connectivity index (χ1v) is 9.67. The highest BCUT2D eigenvalue weighted by Crippen LogP contribution is 2.13. The summed E-state index contributed by atoms with van der Waals surface area (Å²) in [6.07, 6.45) is 1.91. The molecule has 1 unspecified atom stereocenters. The normalized spacial score (nSPS) is 11.7. The van der Waals surface area contributed by atoms with Crippen LogP contribution in [0.1, 0.15) is 21.5 Å². The molecule has 1 aromatic heterocycles. The third-order valence-corrected chi connectivity index (χ3v) is 4.78. The Kier molecular flexibility index (Phi) is 5.85. The van der Waals surface area contributed by atoms with Crippen LogP contribution in [-0.4, -0.2) is 27.9 Å². The maximum atomic E-state index is 12.8. The van der Waals surface area contributed by atoms with E-state index >= 15 is 0 Å². The Morgan fingerprint density at radius 2 is 1.63 bits per heavy atom. The van der Waals surface area contributed by atoms with E-state index in [9.17, 15) is 9.59 Å². The Labute approximate surface area is 173 Å². The van der Waals surface area contributed by atoms with Gasteiger partial charge in [0, 0.05) is 12.0 Å². The first kappa shape index (κ1) is 19.4. The van der Waals surface area contributed by atoms with Crippen LogP contribution in [0.3, 0.4) is 0 Å². The molecule has 2 N–H and O–H groups in total. The number of hydrogen-bond acceptors (Lipinski definition) is 4. The summed E-state index contributed by atoms with van der Waals surface area (Å²) in [4.78, 5) is 32.8. The fourth-order valence-corrected chi connectivity index (χ4v) is 3.19. The number of aromatic amines is 1. The van der Waals surface area contributed by atoms with Gasteiger partial charge in [-0.1, -0.05) is 60.7 Å². The summed E-state index contributed by atoms with van der Waals surface area (Å²) in [5, 5.41) is 2.83. The molecule has 0 saturated heterocycles. The Morgan fingerprint density at radius 3 is 2.37 bits per heavy atom. The van der Waals surface area contributed by atoms with Gasteiger partial charge in [0.25, 0.3) is 5.91 Å². The van der Waals surface area contributed by atoms with Gasteiger partial charge in [-0.25, -0.2) is 9.78 Å². The minimum atomic E-state index is -0.805. The number of nitrogens with zero attached hydrogens (tertiary/aromatic N) is 1. The number of nitrogens with one attached hydrogen (secondary N) is 2. The summed E-state index contributed by atoms with van der Waals surface area (Å²) >= 11 is 0. The van der Waals surface area contributed by atoms with E-state index in [0.717, 1.165) is 22.2 Å². The molecule has 6 heteroatoms. The maximum absolute atomic E-state index is 12.8. The Morgan fingerprint density at radius 1 is 0.933 bits per heavy atom. The highest BCUT2D eigenvalue weighted by Gasteiger charge is 2.24. The van der Waals surface area contributed by atoms with Crippen molar-refractivity contribution in [2.45, 2.75) is 19.1 Å². The van der Waals surface area contributed by atoms with E-state index in [-0.39, 0.29) is 12.5 Å². The molecule has 1 amide bonds. The fourth-order valence-electron chi connectivity index (χ4n) is 3.19. The number of carbonyl (C=O) groups is 2. The van der Waals surface area contributed by atoms with Crippen LogP contribution < -0.4 is 5.32 Å². The Balaban J connectivity index is 1.49. The third-order valence-electron chi connectivity index (χ3n) is 4.78. The van der Waals surface area contributed by atoms with Gasteiger partial charge >= 0.3 is 5.97 Å². The summed E-state index contributed by atoms with van der Waals surface area (Å²) in [5.41, 5.74) is 3.80. The molecule has 150 valence electrons. The van der Waals surface area contributed by atoms with Gasteiger partial charge in [0.2, 0.25) is 0 Å². The predicted molar refractivity (Wildman–Crippen MR) is 114 cm³/mol. The molecule has 0 bridgehead atoms. The topological polar surface area (TPSA) is 84.1 Å². The van der Waals surface area contributed by atoms with Crippen LogP contribution in [-0.2, 0) is 22.6 Å². The summed E-state index contributed by atoms with van der Waals surface area (Å²) in [7, 11) is 0. The highest BCUT2D eigenvalue weighted by molar-refractivity contribution is 5.99. The molecule has 4 aromatic rings. The molecule has 0 radical (unpaired) electrons. The minimum Gasteiger partial charge on any atom is -0.459 e. The largest absolute Gasteiger partial charge is 0.459 e. The van der Waals surface area contributed by atoms with E-state index in [1.807, 2.05) is 60.7 Å². The molecule has 0 aliphatic rings. The quantitative estimate of drug-likeness (QED) is 0.465. The molecule has 30 heavy (non-hydrogen) atoms. The molecule has 0 aliphatic carbocycles. The van der Waals surface area contributed by atoms with E-state index in [0.29, 0.717) is 12.0 Å².